The molecular formula is C31H48. The molecule has 0 saturated heterocycles. The number of rotatable bonds is 0. The van der Waals surface area contributed by atoms with Crippen molar-refractivity contribution in [3.05, 3.63) is 0 Å². The van der Waals surface area contributed by atoms with Gasteiger partial charge in [-0.15, -0.1) is 0 Å². The monoisotopic (exact) mass is 420 g/mol. The third-order valence-corrected chi connectivity index (χ3v) is 13.9. The quantitative estimate of drug-likeness (QED) is 0.370. The fraction of sp³-hybridized carbons (Fsp3) is 1.00. The molecule has 0 amide bonds. The van der Waals surface area contributed by atoms with E-state index >= 15 is 0 Å². The van der Waals surface area contributed by atoms with Crippen molar-refractivity contribution in [2.75, 3.05) is 0 Å². The Balaban J connectivity index is 0.0000000836. The lowest BCUT2D eigenvalue weighted by molar-refractivity contribution is 0.139. The highest BCUT2D eigenvalue weighted by Crippen LogP contribution is 2.87. The maximum absolute atomic E-state index is 2.36. The van der Waals surface area contributed by atoms with Crippen molar-refractivity contribution in [3.63, 3.8) is 0 Å². The highest BCUT2D eigenvalue weighted by Gasteiger charge is 2.82. The average Bonchev–Trinajstić information content (AvgIpc) is 3.58. The minimum Gasteiger partial charge on any atom is -0.0625 e. The maximum atomic E-state index is 2.36. The lowest BCUT2D eigenvalue weighted by Gasteiger charge is -2.34. The van der Waals surface area contributed by atoms with E-state index in [-0.39, 0.29) is 0 Å². The largest absolute Gasteiger partial charge is 0.0625 e. The molecule has 172 valence electrons. The van der Waals surface area contributed by atoms with Crippen LogP contribution < -0.4 is 0 Å². The van der Waals surface area contributed by atoms with Gasteiger partial charge in [0.1, 0.15) is 0 Å². The summed E-state index contributed by atoms with van der Waals surface area (Å²) in [5.41, 5.74) is 0. The summed E-state index contributed by atoms with van der Waals surface area (Å²) >= 11 is 0. The van der Waals surface area contributed by atoms with Gasteiger partial charge in [-0.3, -0.25) is 0 Å². The van der Waals surface area contributed by atoms with Gasteiger partial charge < -0.3 is 0 Å². The van der Waals surface area contributed by atoms with Crippen molar-refractivity contribution >= 4 is 0 Å². The second kappa shape index (κ2) is 7.01. The van der Waals surface area contributed by atoms with E-state index in [2.05, 4.69) is 6.92 Å². The number of hydrogen-bond donors (Lipinski definition) is 0. The molecule has 11 aliphatic rings. The lowest BCUT2D eigenvalue weighted by atomic mass is 9.71. The van der Waals surface area contributed by atoms with E-state index in [0.717, 1.165) is 5.92 Å². The van der Waals surface area contributed by atoms with Crippen molar-refractivity contribution in [2.24, 2.45) is 88.8 Å². The second-order valence-electron chi connectivity index (χ2n) is 14.7. The molecule has 31 heavy (non-hydrogen) atoms. The Bertz CT molecular complexity index is 657. The molecule has 0 nitrogen and oxygen atoms in total. The molecule has 0 radical (unpaired) electrons. The van der Waals surface area contributed by atoms with E-state index in [1.54, 1.807) is 64.2 Å². The van der Waals surface area contributed by atoms with Crippen LogP contribution in [0.3, 0.4) is 0 Å². The zero-order valence-corrected chi connectivity index (χ0v) is 20.3. The molecule has 10 bridgehead atoms. The normalized spacial score (nSPS) is 62.2. The zero-order chi connectivity index (χ0) is 20.3. The molecule has 0 heteroatoms. The molecule has 0 aliphatic heterocycles. The Hall–Kier alpha value is 0. The molecule has 0 N–H and O–H groups in total. The van der Waals surface area contributed by atoms with E-state index in [1.807, 2.05) is 0 Å². The molecule has 11 rings (SSSR count). The second-order valence-corrected chi connectivity index (χ2v) is 14.7. The molecule has 11 fully saturated rings. The molecule has 12 unspecified atom stereocenters. The first kappa shape index (κ1) is 19.3. The highest BCUT2D eigenvalue weighted by atomic mass is 14.9. The Morgan fingerprint density at radius 3 is 1.32 bits per heavy atom. The smallest absolute Gasteiger partial charge is 0.0315 e. The fourth-order valence-electron chi connectivity index (χ4n) is 13.2. The third-order valence-electron chi connectivity index (χ3n) is 13.9. The van der Waals surface area contributed by atoms with E-state index in [0.29, 0.717) is 0 Å². The molecule has 0 aromatic rings. The summed E-state index contributed by atoms with van der Waals surface area (Å²) in [5, 5.41) is 0. The van der Waals surface area contributed by atoms with E-state index in [1.165, 1.54) is 115 Å². The van der Waals surface area contributed by atoms with Gasteiger partial charge in [0.05, 0.1) is 0 Å². The Labute approximate surface area is 192 Å². The lowest BCUT2D eigenvalue weighted by Crippen LogP contribution is -2.29. The fourth-order valence-corrected chi connectivity index (χ4v) is 13.2. The first-order valence-corrected chi connectivity index (χ1v) is 15.3. The van der Waals surface area contributed by atoms with Gasteiger partial charge in [0.2, 0.25) is 0 Å². The average molecular weight is 421 g/mol. The summed E-state index contributed by atoms with van der Waals surface area (Å²) in [6.07, 6.45) is 23.6. The first-order valence-electron chi connectivity index (χ1n) is 15.3. The van der Waals surface area contributed by atoms with Crippen molar-refractivity contribution < 1.29 is 0 Å². The van der Waals surface area contributed by atoms with Gasteiger partial charge in [-0.1, -0.05) is 45.4 Å². The predicted octanol–water partition coefficient (Wildman–Crippen LogP) is 8.21. The van der Waals surface area contributed by atoms with Crippen molar-refractivity contribution in [3.8, 4) is 0 Å². The molecule has 0 aromatic carbocycles. The van der Waals surface area contributed by atoms with Crippen LogP contribution in [0, 0.1) is 88.8 Å². The standard InChI is InChI=1S/C14H18.C10H16.C7H14/c1-2-6-3-5(1)9-10(6)12-7-4-8-13(11(7)9)14(8)12;1-2-9-7-4-5-8(6-7)10(9)3-1;1-7-5-3-2-4-6-7/h5-14H,1-4H2;7-10H,1-6H2;7H,2-6H2,1H3. The third kappa shape index (κ3) is 2.66. The van der Waals surface area contributed by atoms with Gasteiger partial charge >= 0.3 is 0 Å². The van der Waals surface area contributed by atoms with Crippen LogP contribution in [-0.2, 0) is 0 Å². The molecule has 11 saturated carbocycles. The van der Waals surface area contributed by atoms with Gasteiger partial charge in [-0.2, -0.15) is 0 Å². The minimum absolute atomic E-state index is 1.04. The Morgan fingerprint density at radius 2 is 0.839 bits per heavy atom. The van der Waals surface area contributed by atoms with Crippen molar-refractivity contribution in [1.82, 2.24) is 0 Å². The van der Waals surface area contributed by atoms with E-state index in [9.17, 15) is 0 Å². The summed E-state index contributed by atoms with van der Waals surface area (Å²) < 4.78 is 0. The molecular weight excluding hydrogens is 372 g/mol. The van der Waals surface area contributed by atoms with Crippen LogP contribution >= 0.6 is 0 Å². The molecule has 0 spiro atoms. The summed E-state index contributed by atoms with van der Waals surface area (Å²) in [7, 11) is 0. The zero-order valence-electron chi connectivity index (χ0n) is 20.3. The van der Waals surface area contributed by atoms with Crippen LogP contribution in [0.5, 0.6) is 0 Å². The van der Waals surface area contributed by atoms with E-state index < -0.39 is 0 Å². The van der Waals surface area contributed by atoms with Crippen LogP contribution in [0.15, 0.2) is 0 Å². The Kier molecular flexibility index (Phi) is 4.37. The Morgan fingerprint density at radius 1 is 0.355 bits per heavy atom. The van der Waals surface area contributed by atoms with Crippen LogP contribution in [0.2, 0.25) is 0 Å². The van der Waals surface area contributed by atoms with Gasteiger partial charge in [-0.05, 0) is 147 Å². The number of fused-ring (bicyclic) bond motifs is 10. The SMILES string of the molecule is C1CC2C3CCC(C3)C2C1.C1CC2CC1C1C2C2C3CC4C(C31)C42.CC1CCCCC1. The summed E-state index contributed by atoms with van der Waals surface area (Å²) in [6.45, 7) is 2.36. The predicted molar refractivity (Wildman–Crippen MR) is 127 cm³/mol. The maximum Gasteiger partial charge on any atom is -0.0315 e. The van der Waals surface area contributed by atoms with Crippen LogP contribution in [0.25, 0.3) is 0 Å². The van der Waals surface area contributed by atoms with Gasteiger partial charge in [0.15, 0.2) is 0 Å². The summed E-state index contributed by atoms with van der Waals surface area (Å²) in [6, 6.07) is 0. The highest BCUT2D eigenvalue weighted by molar-refractivity contribution is 5.29. The molecule has 0 heterocycles. The van der Waals surface area contributed by atoms with Crippen LogP contribution in [0.4, 0.5) is 0 Å². The van der Waals surface area contributed by atoms with Gasteiger partial charge in [0, 0.05) is 0 Å². The molecule has 11 aliphatic carbocycles. The summed E-state index contributed by atoms with van der Waals surface area (Å²) in [5.74, 6) is 18.6. The van der Waals surface area contributed by atoms with Crippen LogP contribution in [0.1, 0.15) is 103 Å². The van der Waals surface area contributed by atoms with Crippen molar-refractivity contribution in [1.29, 1.82) is 0 Å². The van der Waals surface area contributed by atoms with Crippen molar-refractivity contribution in [2.45, 2.75) is 103 Å². The van der Waals surface area contributed by atoms with Crippen LogP contribution in [-0.4, -0.2) is 0 Å². The first-order chi connectivity index (χ1) is 15.3. The molecule has 0 aromatic heterocycles. The van der Waals surface area contributed by atoms with E-state index in [4.69, 9.17) is 0 Å². The minimum atomic E-state index is 1.04. The molecule has 12 atom stereocenters. The summed E-state index contributed by atoms with van der Waals surface area (Å²) in [4.78, 5) is 0. The topological polar surface area (TPSA) is 0 Å². The van der Waals surface area contributed by atoms with Gasteiger partial charge in [0.25, 0.3) is 0 Å². The number of hydrogen-bond acceptors (Lipinski definition) is 0. The van der Waals surface area contributed by atoms with Gasteiger partial charge in [-0.25, -0.2) is 0 Å².